The van der Waals surface area contributed by atoms with Crippen molar-refractivity contribution in [2.24, 2.45) is 0 Å². The van der Waals surface area contributed by atoms with Crippen LogP contribution in [0.3, 0.4) is 0 Å². The van der Waals surface area contributed by atoms with E-state index in [1.807, 2.05) is 17.4 Å². The second kappa shape index (κ2) is 31.3. The fourth-order valence-electron chi connectivity index (χ4n) is 19.0. The maximum Gasteiger partial charge on any atom is 0.159 e. The van der Waals surface area contributed by atoms with Crippen molar-refractivity contribution in [3.63, 3.8) is 0 Å². The van der Waals surface area contributed by atoms with Gasteiger partial charge in [0.15, 0.2) is 5.58 Å². The van der Waals surface area contributed by atoms with Gasteiger partial charge in [0.25, 0.3) is 0 Å². The number of fused-ring (bicyclic) bond motifs is 9. The normalized spacial score (nSPS) is 21.9. The Labute approximate surface area is 712 Å². The molecule has 0 bridgehead atoms. The standard InChI is InChI=1S/C29H40N4.C26H32N4.C23H26N4O.C23H26N4S/c1-19(2)25-11-10-12-26(20(3)4)29(25)24-17-27(32-15-13-30(8)22(32)6)21(5)28(18-24)33-16-14-31(9)23(33)7;1-17-23(29-14-12-27(6)18(29)2)16-21-20-10-8-9-11-22(20)26(4,5)24(21)25(17)30-15-13-28(7)19(30)3;2*1-15-20(26-12-10-24(4)16(26)2)14-19-18-8-6-7-9-21(18)28-23(19)22(15)27-13-11-25(5)17(27)3/h10-20,22-23H,1-9H3;8-16,18-19H,1-7H3;2*6-14,16-17H,1-5H3/t22-,23+;18-,19+;2*16-,17+/m.111/s1. The molecule has 19 rings (SSSR count). The summed E-state index contributed by atoms with van der Waals surface area (Å²) in [5, 5.41) is 5.02. The van der Waals surface area contributed by atoms with Crippen LogP contribution in [0, 0.1) is 27.7 Å². The smallest absolute Gasteiger partial charge is 0.159 e. The third-order valence-corrected chi connectivity index (χ3v) is 28.8. The lowest BCUT2D eigenvalue weighted by Crippen LogP contribution is -2.37. The van der Waals surface area contributed by atoms with E-state index in [0.717, 1.165) is 27.6 Å². The van der Waals surface area contributed by atoms with Gasteiger partial charge >= 0.3 is 0 Å². The summed E-state index contributed by atoms with van der Waals surface area (Å²) in [6.45, 7) is 41.0. The molecule has 0 radical (unpaired) electrons. The molecule has 620 valence electrons. The van der Waals surface area contributed by atoms with Crippen LogP contribution in [-0.2, 0) is 5.41 Å². The molecule has 1 aliphatic carbocycles. The maximum absolute atomic E-state index is 6.38. The summed E-state index contributed by atoms with van der Waals surface area (Å²) in [4.78, 5) is 37.2. The highest BCUT2D eigenvalue weighted by Gasteiger charge is 2.43. The zero-order valence-corrected chi connectivity index (χ0v) is 75.8. The molecule has 0 saturated carbocycles. The van der Waals surface area contributed by atoms with Gasteiger partial charge in [-0.15, -0.1) is 11.3 Å². The largest absolute Gasteiger partial charge is 0.454 e. The van der Waals surface area contributed by atoms with Crippen LogP contribution in [-0.4, -0.2) is 145 Å². The number of benzene rings is 8. The van der Waals surface area contributed by atoms with E-state index in [4.69, 9.17) is 4.42 Å². The van der Waals surface area contributed by atoms with Crippen LogP contribution in [0.5, 0.6) is 0 Å². The van der Waals surface area contributed by atoms with Crippen molar-refractivity contribution in [3.05, 3.63) is 265 Å². The summed E-state index contributed by atoms with van der Waals surface area (Å²) in [6, 6.07) is 44.8. The molecule has 0 spiro atoms. The molecule has 0 N–H and O–H groups in total. The molecule has 0 saturated heterocycles. The summed E-state index contributed by atoms with van der Waals surface area (Å²) in [5.74, 6) is 0.917. The number of rotatable bonds is 11. The highest BCUT2D eigenvalue weighted by molar-refractivity contribution is 7.26. The molecule has 0 fully saturated rings. The van der Waals surface area contributed by atoms with Crippen LogP contribution >= 0.6 is 11.3 Å². The van der Waals surface area contributed by atoms with Gasteiger partial charge in [-0.1, -0.05) is 120 Å². The maximum atomic E-state index is 6.38. The van der Waals surface area contributed by atoms with Crippen LogP contribution in [0.4, 0.5) is 45.5 Å². The van der Waals surface area contributed by atoms with Gasteiger partial charge < -0.3 is 82.8 Å². The second-order valence-electron chi connectivity index (χ2n) is 35.4. The van der Waals surface area contributed by atoms with E-state index in [9.17, 15) is 0 Å². The Morgan fingerprint density at radius 3 is 1.12 bits per heavy atom. The summed E-state index contributed by atoms with van der Waals surface area (Å²) in [5.41, 5.74) is 28.4. The monoisotopic (exact) mass is 1610 g/mol. The Morgan fingerprint density at radius 1 is 0.328 bits per heavy atom. The molecule has 18 heteroatoms. The molecule has 119 heavy (non-hydrogen) atoms. The van der Waals surface area contributed by atoms with E-state index >= 15 is 0 Å². The Morgan fingerprint density at radius 2 is 0.681 bits per heavy atom. The number of para-hydroxylation sites is 1. The number of anilines is 8. The quantitative estimate of drug-likeness (QED) is 0.123. The predicted molar refractivity (Wildman–Crippen MR) is 507 cm³/mol. The second-order valence-corrected chi connectivity index (χ2v) is 36.5. The minimum atomic E-state index is -0.0392. The summed E-state index contributed by atoms with van der Waals surface area (Å²) < 4.78 is 9.11. The van der Waals surface area contributed by atoms with Crippen molar-refractivity contribution < 1.29 is 4.42 Å². The van der Waals surface area contributed by atoms with Gasteiger partial charge in [-0.05, 0) is 199 Å². The molecular formula is C101H124N16OS. The Bertz CT molecular complexity index is 5580. The summed E-state index contributed by atoms with van der Waals surface area (Å²) in [7, 11) is 17.1. The van der Waals surface area contributed by atoms with Gasteiger partial charge in [0.1, 0.15) is 54.9 Å². The Hall–Kier alpha value is -11.5. The van der Waals surface area contributed by atoms with Crippen LogP contribution in [0.25, 0.3) is 64.4 Å². The summed E-state index contributed by atoms with van der Waals surface area (Å²) in [6.07, 6.45) is 37.2. The Balaban J connectivity index is 0.000000119. The molecule has 10 aromatic rings. The van der Waals surface area contributed by atoms with Crippen molar-refractivity contribution in [1.82, 2.24) is 39.2 Å². The third-order valence-electron chi connectivity index (χ3n) is 27.6. The van der Waals surface area contributed by atoms with E-state index in [2.05, 4.69) is 474 Å². The van der Waals surface area contributed by atoms with Crippen molar-refractivity contribution in [3.8, 4) is 22.3 Å². The van der Waals surface area contributed by atoms with Crippen molar-refractivity contribution >= 4 is 98.9 Å². The van der Waals surface area contributed by atoms with Crippen LogP contribution in [0.2, 0.25) is 0 Å². The molecule has 8 aliphatic heterocycles. The molecule has 8 aromatic carbocycles. The molecular weight excluding hydrogens is 1490 g/mol. The Kier molecular flexibility index (Phi) is 21.4. The van der Waals surface area contributed by atoms with Gasteiger partial charge in [-0.25, -0.2) is 0 Å². The van der Waals surface area contributed by atoms with Gasteiger partial charge in [-0.3, -0.25) is 0 Å². The first-order valence-corrected chi connectivity index (χ1v) is 43.5. The van der Waals surface area contributed by atoms with Crippen LogP contribution < -0.4 is 39.2 Å². The first-order valence-electron chi connectivity index (χ1n) is 42.7. The molecule has 8 atom stereocenters. The molecule has 10 heterocycles. The van der Waals surface area contributed by atoms with Gasteiger partial charge in [0, 0.05) is 221 Å². The lowest BCUT2D eigenvalue weighted by Gasteiger charge is -2.36. The lowest BCUT2D eigenvalue weighted by molar-refractivity contribution is 0.380. The highest BCUT2D eigenvalue weighted by Crippen LogP contribution is 2.57. The van der Waals surface area contributed by atoms with Crippen molar-refractivity contribution in [2.75, 3.05) is 95.6 Å². The minimum absolute atomic E-state index is 0.0392. The molecule has 0 unspecified atom stereocenters. The van der Waals surface area contributed by atoms with Gasteiger partial charge in [0.2, 0.25) is 0 Å². The lowest BCUT2D eigenvalue weighted by atomic mass is 9.80. The highest BCUT2D eigenvalue weighted by atomic mass is 32.1. The molecule has 2 aromatic heterocycles. The number of nitrogens with zero attached hydrogens (tertiary/aromatic N) is 16. The summed E-state index contributed by atoms with van der Waals surface area (Å²) >= 11 is 1.90. The zero-order valence-electron chi connectivity index (χ0n) is 75.0. The molecule has 17 nitrogen and oxygen atoms in total. The van der Waals surface area contributed by atoms with Crippen molar-refractivity contribution in [1.29, 1.82) is 0 Å². The molecule has 9 aliphatic rings. The third kappa shape index (κ3) is 13.7. The number of hydrogen-bond donors (Lipinski definition) is 0. The number of furan rings is 1. The zero-order chi connectivity index (χ0) is 84.5. The van der Waals surface area contributed by atoms with E-state index < -0.39 is 0 Å². The van der Waals surface area contributed by atoms with Crippen molar-refractivity contribution in [2.45, 2.75) is 191 Å². The number of hydrogen-bond acceptors (Lipinski definition) is 18. The average molecular weight is 1610 g/mol. The SMILES string of the molecule is Cc1c(N2C=CN(C)[C@H]2C)cc(-c2c(C(C)C)cccc2C(C)C)cc1N1C=CN(C)[C@@H]1C.Cc1c(N2C=CN(C)[C@H]2C)cc2c(c1N1C=CN(C)[C@@H]1C)C(C)(C)c1ccccc1-2.Cc1c(N2C=CN(C)[C@H]2C)cc2c(oc3ccccc32)c1N1C=CN(C)[C@@H]1C.Cc1c(N2C=CN(C)[C@H]2C)cc2c(sc3ccccc32)c1N1C=CN(C)[C@@H]1C. The van der Waals surface area contributed by atoms with E-state index in [0.29, 0.717) is 30.3 Å². The first kappa shape index (κ1) is 81.3. The fraction of sp³-hybridized carbons (Fsp3) is 0.366. The predicted octanol–water partition coefficient (Wildman–Crippen LogP) is 23.0. The van der Waals surface area contributed by atoms with E-state index in [-0.39, 0.29) is 36.2 Å². The molecule has 0 amide bonds. The van der Waals surface area contributed by atoms with Gasteiger partial charge in [0.05, 0.1) is 21.8 Å². The van der Waals surface area contributed by atoms with Gasteiger partial charge in [-0.2, -0.15) is 0 Å². The van der Waals surface area contributed by atoms with Crippen LogP contribution in [0.15, 0.2) is 225 Å². The van der Waals surface area contributed by atoms with E-state index in [1.165, 1.54) is 127 Å². The fourth-order valence-corrected chi connectivity index (χ4v) is 20.3. The topological polar surface area (TPSA) is 65.0 Å². The van der Waals surface area contributed by atoms with Crippen LogP contribution in [0.1, 0.15) is 153 Å². The minimum Gasteiger partial charge on any atom is -0.454 e. The average Bonchev–Trinajstić information content (AvgIpc) is 1.55. The number of thiophene rings is 1. The first-order chi connectivity index (χ1) is 56.8. The van der Waals surface area contributed by atoms with E-state index in [1.54, 1.807) is 0 Å².